The average molecular weight is 324 g/mol. The van der Waals surface area contributed by atoms with Crippen LogP contribution in [0.3, 0.4) is 0 Å². The van der Waals surface area contributed by atoms with Crippen LogP contribution in [0.2, 0.25) is 0 Å². The van der Waals surface area contributed by atoms with Gasteiger partial charge in [0.1, 0.15) is 6.33 Å². The first-order valence-electron chi connectivity index (χ1n) is 7.81. The summed E-state index contributed by atoms with van der Waals surface area (Å²) in [6, 6.07) is 17.9. The van der Waals surface area contributed by atoms with Gasteiger partial charge >= 0.3 is 0 Å². The molecule has 0 aliphatic carbocycles. The Bertz CT molecular complexity index is 756. The van der Waals surface area contributed by atoms with Crippen LogP contribution in [-0.4, -0.2) is 44.2 Å². The van der Waals surface area contributed by atoms with E-state index in [1.54, 1.807) is 6.33 Å². The standard InChI is InChI=1S/C18H20N4O2/c23-12-17(24)10-19-16-8-6-15(7-9-16)18-21-20-13-22(18)11-14-4-2-1-3-5-14/h1-9,13,17,19,23-24H,10-12H2. The number of aliphatic hydroxyl groups is 2. The molecule has 0 radical (unpaired) electrons. The summed E-state index contributed by atoms with van der Waals surface area (Å²) in [6.45, 7) is 0.763. The molecule has 3 aromatic rings. The molecule has 0 saturated carbocycles. The minimum absolute atomic E-state index is 0.256. The molecule has 2 aromatic carbocycles. The Morgan fingerprint density at radius 1 is 1.04 bits per heavy atom. The maximum atomic E-state index is 9.37. The molecule has 1 heterocycles. The van der Waals surface area contributed by atoms with Gasteiger partial charge < -0.3 is 20.1 Å². The van der Waals surface area contributed by atoms with Gasteiger partial charge in [0.15, 0.2) is 5.82 Å². The number of rotatable bonds is 7. The molecule has 0 saturated heterocycles. The van der Waals surface area contributed by atoms with Crippen LogP contribution in [0.25, 0.3) is 11.4 Å². The molecule has 0 aliphatic heterocycles. The van der Waals surface area contributed by atoms with E-state index in [2.05, 4.69) is 27.6 Å². The molecule has 6 heteroatoms. The van der Waals surface area contributed by atoms with Gasteiger partial charge in [-0.1, -0.05) is 30.3 Å². The molecule has 1 unspecified atom stereocenters. The van der Waals surface area contributed by atoms with Crippen LogP contribution in [0.1, 0.15) is 5.56 Å². The Morgan fingerprint density at radius 2 is 1.79 bits per heavy atom. The molecule has 0 amide bonds. The van der Waals surface area contributed by atoms with Gasteiger partial charge in [0.05, 0.1) is 19.3 Å². The summed E-state index contributed by atoms with van der Waals surface area (Å²) < 4.78 is 2.01. The van der Waals surface area contributed by atoms with Gasteiger partial charge in [0.2, 0.25) is 0 Å². The van der Waals surface area contributed by atoms with Crippen molar-refractivity contribution in [1.29, 1.82) is 0 Å². The highest BCUT2D eigenvalue weighted by atomic mass is 16.3. The van der Waals surface area contributed by atoms with E-state index in [1.165, 1.54) is 5.56 Å². The monoisotopic (exact) mass is 324 g/mol. The van der Waals surface area contributed by atoms with Crippen LogP contribution >= 0.6 is 0 Å². The van der Waals surface area contributed by atoms with Crippen LogP contribution in [-0.2, 0) is 6.54 Å². The largest absolute Gasteiger partial charge is 0.394 e. The molecule has 3 rings (SSSR count). The maximum absolute atomic E-state index is 9.37. The van der Waals surface area contributed by atoms with Crippen molar-refractivity contribution in [3.8, 4) is 11.4 Å². The first kappa shape index (κ1) is 16.2. The maximum Gasteiger partial charge on any atom is 0.164 e. The van der Waals surface area contributed by atoms with Crippen molar-refractivity contribution in [3.63, 3.8) is 0 Å². The molecule has 0 aliphatic rings. The molecular weight excluding hydrogens is 304 g/mol. The Labute approximate surface area is 140 Å². The van der Waals surface area contributed by atoms with E-state index in [-0.39, 0.29) is 6.61 Å². The molecule has 1 aromatic heterocycles. The second-order valence-corrected chi connectivity index (χ2v) is 5.56. The summed E-state index contributed by atoms with van der Waals surface area (Å²) in [6.07, 6.45) is 0.963. The smallest absolute Gasteiger partial charge is 0.164 e. The topological polar surface area (TPSA) is 83.2 Å². The van der Waals surface area contributed by atoms with Crippen LogP contribution < -0.4 is 5.32 Å². The summed E-state index contributed by atoms with van der Waals surface area (Å²) in [5, 5.41) is 29.5. The molecule has 1 atom stereocenters. The number of benzene rings is 2. The lowest BCUT2D eigenvalue weighted by Crippen LogP contribution is -2.22. The van der Waals surface area contributed by atoms with Crippen molar-refractivity contribution in [1.82, 2.24) is 14.8 Å². The van der Waals surface area contributed by atoms with Crippen molar-refractivity contribution in [2.75, 3.05) is 18.5 Å². The number of aromatic nitrogens is 3. The molecule has 0 spiro atoms. The number of hydrogen-bond donors (Lipinski definition) is 3. The normalized spacial score (nSPS) is 12.1. The minimum Gasteiger partial charge on any atom is -0.394 e. The fourth-order valence-corrected chi connectivity index (χ4v) is 2.41. The van der Waals surface area contributed by atoms with E-state index in [9.17, 15) is 5.11 Å². The van der Waals surface area contributed by atoms with E-state index in [0.717, 1.165) is 17.1 Å². The first-order valence-corrected chi connectivity index (χ1v) is 7.81. The number of hydrogen-bond acceptors (Lipinski definition) is 5. The SMILES string of the molecule is OCC(O)CNc1ccc(-c2nncn2Cc2ccccc2)cc1. The number of nitrogens with one attached hydrogen (secondary N) is 1. The Kier molecular flexibility index (Phi) is 5.20. The third kappa shape index (κ3) is 3.98. The number of aliphatic hydroxyl groups excluding tert-OH is 2. The molecule has 0 bridgehead atoms. The zero-order valence-electron chi connectivity index (χ0n) is 13.2. The Morgan fingerprint density at radius 3 is 2.50 bits per heavy atom. The van der Waals surface area contributed by atoms with E-state index >= 15 is 0 Å². The van der Waals surface area contributed by atoms with E-state index < -0.39 is 6.10 Å². The summed E-state index contributed by atoms with van der Waals surface area (Å²) in [7, 11) is 0. The average Bonchev–Trinajstić information content (AvgIpc) is 3.09. The number of anilines is 1. The van der Waals surface area contributed by atoms with Crippen molar-refractivity contribution < 1.29 is 10.2 Å². The second kappa shape index (κ2) is 7.72. The second-order valence-electron chi connectivity index (χ2n) is 5.56. The predicted octanol–water partition coefficient (Wildman–Crippen LogP) is 1.76. The van der Waals surface area contributed by atoms with Gasteiger partial charge in [-0.15, -0.1) is 10.2 Å². The fourth-order valence-electron chi connectivity index (χ4n) is 2.41. The summed E-state index contributed by atoms with van der Waals surface area (Å²) in [5.74, 6) is 0.806. The zero-order valence-corrected chi connectivity index (χ0v) is 13.2. The number of nitrogens with zero attached hydrogens (tertiary/aromatic N) is 3. The van der Waals surface area contributed by atoms with Crippen molar-refractivity contribution in [2.45, 2.75) is 12.6 Å². The molecular formula is C18H20N4O2. The van der Waals surface area contributed by atoms with Crippen LogP contribution in [0, 0.1) is 0 Å². The third-order valence-electron chi connectivity index (χ3n) is 3.71. The molecule has 6 nitrogen and oxygen atoms in total. The highest BCUT2D eigenvalue weighted by Gasteiger charge is 2.08. The molecule has 0 fully saturated rings. The lowest BCUT2D eigenvalue weighted by atomic mass is 10.1. The quantitative estimate of drug-likeness (QED) is 0.617. The Balaban J connectivity index is 1.72. The molecule has 124 valence electrons. The fraction of sp³-hybridized carbons (Fsp3) is 0.222. The zero-order chi connectivity index (χ0) is 16.8. The van der Waals surface area contributed by atoms with E-state index in [1.807, 2.05) is 47.0 Å². The predicted molar refractivity (Wildman–Crippen MR) is 92.6 cm³/mol. The third-order valence-corrected chi connectivity index (χ3v) is 3.71. The van der Waals surface area contributed by atoms with Crippen molar-refractivity contribution in [3.05, 3.63) is 66.5 Å². The lowest BCUT2D eigenvalue weighted by molar-refractivity contribution is 0.105. The van der Waals surface area contributed by atoms with Crippen LogP contribution in [0.5, 0.6) is 0 Å². The van der Waals surface area contributed by atoms with Crippen molar-refractivity contribution >= 4 is 5.69 Å². The minimum atomic E-state index is -0.765. The Hall–Kier alpha value is -2.70. The highest BCUT2D eigenvalue weighted by Crippen LogP contribution is 2.20. The lowest BCUT2D eigenvalue weighted by Gasteiger charge is -2.11. The summed E-state index contributed by atoms with van der Waals surface area (Å²) in [5.41, 5.74) is 3.03. The van der Waals surface area contributed by atoms with Gasteiger partial charge in [-0.25, -0.2) is 0 Å². The summed E-state index contributed by atoms with van der Waals surface area (Å²) in [4.78, 5) is 0. The van der Waals surface area contributed by atoms with Crippen LogP contribution in [0.15, 0.2) is 60.9 Å². The van der Waals surface area contributed by atoms with Gasteiger partial charge in [0.25, 0.3) is 0 Å². The summed E-state index contributed by atoms with van der Waals surface area (Å²) >= 11 is 0. The molecule has 24 heavy (non-hydrogen) atoms. The van der Waals surface area contributed by atoms with Crippen LogP contribution in [0.4, 0.5) is 5.69 Å². The highest BCUT2D eigenvalue weighted by molar-refractivity contribution is 5.60. The first-order chi connectivity index (χ1) is 11.8. The van der Waals surface area contributed by atoms with E-state index in [4.69, 9.17) is 5.11 Å². The van der Waals surface area contributed by atoms with Gasteiger partial charge in [-0.3, -0.25) is 0 Å². The van der Waals surface area contributed by atoms with Gasteiger partial charge in [-0.2, -0.15) is 0 Å². The van der Waals surface area contributed by atoms with Gasteiger partial charge in [-0.05, 0) is 29.8 Å². The molecule has 3 N–H and O–H groups in total. The van der Waals surface area contributed by atoms with E-state index in [0.29, 0.717) is 13.1 Å². The van der Waals surface area contributed by atoms with Gasteiger partial charge in [0, 0.05) is 17.8 Å². The van der Waals surface area contributed by atoms with Crippen molar-refractivity contribution in [2.24, 2.45) is 0 Å².